The summed E-state index contributed by atoms with van der Waals surface area (Å²) in [4.78, 5) is 3.75. The summed E-state index contributed by atoms with van der Waals surface area (Å²) in [6.45, 7) is 2.09. The van der Waals surface area contributed by atoms with E-state index in [-0.39, 0.29) is 0 Å². The van der Waals surface area contributed by atoms with Crippen LogP contribution in [0.25, 0.3) is 0 Å². The Kier molecular flexibility index (Phi) is 4.29. The van der Waals surface area contributed by atoms with Crippen LogP contribution in [0.1, 0.15) is 4.88 Å². The van der Waals surface area contributed by atoms with Crippen LogP contribution < -0.4 is 5.32 Å². The largest absolute Gasteiger partial charge is 0.307 e. The molecular formula is C9H16N2S. The Hall–Kier alpha value is -0.380. The van der Waals surface area contributed by atoms with E-state index >= 15 is 0 Å². The average Bonchev–Trinajstić information content (AvgIpc) is 2.53. The topological polar surface area (TPSA) is 15.3 Å². The summed E-state index contributed by atoms with van der Waals surface area (Å²) in [7, 11) is 4.10. The molecule has 0 saturated carbocycles. The molecule has 12 heavy (non-hydrogen) atoms. The molecule has 0 aliphatic heterocycles. The molecule has 0 radical (unpaired) electrons. The van der Waals surface area contributed by atoms with Gasteiger partial charge >= 0.3 is 0 Å². The second-order valence-corrected chi connectivity index (χ2v) is 3.95. The number of hydrogen-bond donors (Lipinski definition) is 1. The van der Waals surface area contributed by atoms with E-state index in [2.05, 4.69) is 34.8 Å². The molecule has 1 rings (SSSR count). The van der Waals surface area contributed by atoms with Crippen LogP contribution in [0.2, 0.25) is 0 Å². The van der Waals surface area contributed by atoms with Gasteiger partial charge in [-0.15, -0.1) is 11.3 Å². The van der Waals surface area contributed by atoms with E-state index in [4.69, 9.17) is 0 Å². The molecular weight excluding hydrogens is 168 g/mol. The van der Waals surface area contributed by atoms with E-state index in [9.17, 15) is 0 Å². The Morgan fingerprint density at radius 1 is 1.58 bits per heavy atom. The Morgan fingerprint density at radius 2 is 2.42 bits per heavy atom. The van der Waals surface area contributed by atoms with Crippen molar-refractivity contribution in [2.24, 2.45) is 0 Å². The zero-order chi connectivity index (χ0) is 8.81. The van der Waals surface area contributed by atoms with Gasteiger partial charge in [-0.1, -0.05) is 6.07 Å². The first kappa shape index (κ1) is 9.71. The molecule has 0 bridgehead atoms. The molecule has 1 aromatic heterocycles. The lowest BCUT2D eigenvalue weighted by Gasteiger charge is -2.14. The average molecular weight is 184 g/mol. The number of thiophene rings is 1. The minimum absolute atomic E-state index is 0.964. The van der Waals surface area contributed by atoms with E-state index in [1.165, 1.54) is 4.88 Å². The Balaban J connectivity index is 2.17. The molecule has 0 atom stereocenters. The van der Waals surface area contributed by atoms with Crippen LogP contribution in [0.4, 0.5) is 0 Å². The summed E-state index contributed by atoms with van der Waals surface area (Å²) in [6, 6.07) is 4.30. The van der Waals surface area contributed by atoms with E-state index in [1.54, 1.807) is 0 Å². The zero-order valence-corrected chi connectivity index (χ0v) is 8.53. The van der Waals surface area contributed by atoms with Gasteiger partial charge in [-0.2, -0.15) is 0 Å². The van der Waals surface area contributed by atoms with Gasteiger partial charge in [-0.3, -0.25) is 4.90 Å². The van der Waals surface area contributed by atoms with Crippen LogP contribution >= 0.6 is 11.3 Å². The third kappa shape index (κ3) is 3.34. The molecule has 1 aromatic rings. The van der Waals surface area contributed by atoms with Crippen LogP contribution in [0.15, 0.2) is 17.5 Å². The molecule has 0 spiro atoms. The first-order valence-corrected chi connectivity index (χ1v) is 5.06. The number of nitrogens with one attached hydrogen (secondary N) is 1. The highest BCUT2D eigenvalue weighted by molar-refractivity contribution is 7.09. The highest BCUT2D eigenvalue weighted by Crippen LogP contribution is 2.08. The Labute approximate surface area is 78.2 Å². The summed E-state index contributed by atoms with van der Waals surface area (Å²) >= 11 is 1.84. The number of likely N-dealkylation sites (N-methyl/N-ethyl adjacent to an activating group) is 1. The standard InChI is InChI=1S/C9H16N2S/c1-10-8-11(2)6-5-9-4-3-7-12-9/h3-4,7,10H,5-6,8H2,1-2H3. The molecule has 0 saturated heterocycles. The van der Waals surface area contributed by atoms with E-state index in [1.807, 2.05) is 18.4 Å². The van der Waals surface area contributed by atoms with Crippen LogP contribution in [0, 0.1) is 0 Å². The van der Waals surface area contributed by atoms with Crippen LogP contribution in [0.3, 0.4) is 0 Å². The molecule has 0 aliphatic carbocycles. The third-order valence-electron chi connectivity index (χ3n) is 1.75. The lowest BCUT2D eigenvalue weighted by molar-refractivity contribution is 0.322. The summed E-state index contributed by atoms with van der Waals surface area (Å²) in [5, 5.41) is 5.26. The Morgan fingerprint density at radius 3 is 3.00 bits per heavy atom. The first-order chi connectivity index (χ1) is 5.83. The van der Waals surface area contributed by atoms with Gasteiger partial charge in [0.2, 0.25) is 0 Å². The number of nitrogens with zero attached hydrogens (tertiary/aromatic N) is 1. The third-order valence-corrected chi connectivity index (χ3v) is 2.68. The lowest BCUT2D eigenvalue weighted by Crippen LogP contribution is -2.30. The molecule has 0 aromatic carbocycles. The molecule has 0 aliphatic rings. The van der Waals surface area contributed by atoms with Crippen molar-refractivity contribution in [1.82, 2.24) is 10.2 Å². The van der Waals surface area contributed by atoms with Gasteiger partial charge in [-0.05, 0) is 32.0 Å². The maximum atomic E-state index is 3.13. The second kappa shape index (κ2) is 5.30. The monoisotopic (exact) mass is 184 g/mol. The maximum Gasteiger partial charge on any atom is 0.0475 e. The predicted molar refractivity (Wildman–Crippen MR) is 54.6 cm³/mol. The normalized spacial score (nSPS) is 10.9. The quantitative estimate of drug-likeness (QED) is 0.696. The summed E-state index contributed by atoms with van der Waals surface area (Å²) in [5.41, 5.74) is 0. The fraction of sp³-hybridized carbons (Fsp3) is 0.556. The molecule has 3 heteroatoms. The van der Waals surface area contributed by atoms with Crippen molar-refractivity contribution < 1.29 is 0 Å². The van der Waals surface area contributed by atoms with Crippen molar-refractivity contribution in [1.29, 1.82) is 0 Å². The maximum absolute atomic E-state index is 3.13. The Bertz CT molecular complexity index is 196. The minimum atomic E-state index is 0.964. The van der Waals surface area contributed by atoms with Gasteiger partial charge in [0.25, 0.3) is 0 Å². The van der Waals surface area contributed by atoms with Gasteiger partial charge in [-0.25, -0.2) is 0 Å². The second-order valence-electron chi connectivity index (χ2n) is 2.92. The van der Waals surface area contributed by atoms with Crippen molar-refractivity contribution in [3.63, 3.8) is 0 Å². The van der Waals surface area contributed by atoms with Gasteiger partial charge in [0.05, 0.1) is 0 Å². The van der Waals surface area contributed by atoms with Crippen molar-refractivity contribution in [2.45, 2.75) is 6.42 Å². The summed E-state index contributed by atoms with van der Waals surface area (Å²) in [6.07, 6.45) is 1.16. The van der Waals surface area contributed by atoms with Crippen LogP contribution in [-0.2, 0) is 6.42 Å². The van der Waals surface area contributed by atoms with E-state index in [0.29, 0.717) is 0 Å². The molecule has 68 valence electrons. The van der Waals surface area contributed by atoms with Gasteiger partial charge in [0.15, 0.2) is 0 Å². The fourth-order valence-corrected chi connectivity index (χ4v) is 1.80. The molecule has 2 nitrogen and oxygen atoms in total. The highest BCUT2D eigenvalue weighted by atomic mass is 32.1. The molecule has 0 unspecified atom stereocenters. The minimum Gasteiger partial charge on any atom is -0.307 e. The number of hydrogen-bond acceptors (Lipinski definition) is 3. The first-order valence-electron chi connectivity index (χ1n) is 4.18. The fourth-order valence-electron chi connectivity index (χ4n) is 1.10. The van der Waals surface area contributed by atoms with E-state index < -0.39 is 0 Å². The smallest absolute Gasteiger partial charge is 0.0475 e. The molecule has 0 fully saturated rings. The van der Waals surface area contributed by atoms with Crippen LogP contribution in [0.5, 0.6) is 0 Å². The lowest BCUT2D eigenvalue weighted by atomic mass is 10.3. The van der Waals surface area contributed by atoms with Crippen LogP contribution in [-0.4, -0.2) is 32.2 Å². The van der Waals surface area contributed by atoms with Gasteiger partial charge < -0.3 is 5.32 Å². The molecule has 1 heterocycles. The summed E-state index contributed by atoms with van der Waals surface area (Å²) < 4.78 is 0. The molecule has 1 N–H and O–H groups in total. The van der Waals surface area contributed by atoms with Crippen molar-refractivity contribution in [2.75, 3.05) is 27.3 Å². The van der Waals surface area contributed by atoms with Crippen molar-refractivity contribution >= 4 is 11.3 Å². The molecule has 0 amide bonds. The summed E-state index contributed by atoms with van der Waals surface area (Å²) in [5.74, 6) is 0. The predicted octanol–water partition coefficient (Wildman–Crippen LogP) is 1.40. The van der Waals surface area contributed by atoms with E-state index in [0.717, 1.165) is 19.6 Å². The number of rotatable bonds is 5. The SMILES string of the molecule is CNCN(C)CCc1cccs1. The van der Waals surface area contributed by atoms with Crippen molar-refractivity contribution in [3.8, 4) is 0 Å². The van der Waals surface area contributed by atoms with Crippen molar-refractivity contribution in [3.05, 3.63) is 22.4 Å². The highest BCUT2D eigenvalue weighted by Gasteiger charge is 1.97. The zero-order valence-electron chi connectivity index (χ0n) is 7.71. The van der Waals surface area contributed by atoms with Gasteiger partial charge in [0, 0.05) is 18.1 Å². The van der Waals surface area contributed by atoms with Gasteiger partial charge in [0.1, 0.15) is 0 Å².